The van der Waals surface area contributed by atoms with Crippen LogP contribution in [0.15, 0.2) is 36.8 Å². The van der Waals surface area contributed by atoms with Crippen molar-refractivity contribution in [2.24, 2.45) is 5.92 Å². The van der Waals surface area contributed by atoms with Gasteiger partial charge in [-0.25, -0.2) is 19.5 Å². The summed E-state index contributed by atoms with van der Waals surface area (Å²) in [7, 11) is 1.72. The van der Waals surface area contributed by atoms with Crippen LogP contribution in [0.25, 0.3) is 27.8 Å². The van der Waals surface area contributed by atoms with Crippen LogP contribution in [0.3, 0.4) is 0 Å². The fourth-order valence-corrected chi connectivity index (χ4v) is 3.33. The van der Waals surface area contributed by atoms with Gasteiger partial charge in [-0.05, 0) is 31.0 Å². The Morgan fingerprint density at radius 3 is 2.72 bits per heavy atom. The van der Waals surface area contributed by atoms with Gasteiger partial charge in [-0.2, -0.15) is 0 Å². The van der Waals surface area contributed by atoms with Gasteiger partial charge in [0.1, 0.15) is 17.4 Å². The summed E-state index contributed by atoms with van der Waals surface area (Å²) in [5, 5.41) is 11.4. The average Bonchev–Trinajstić information content (AvgIpc) is 3.51. The van der Waals surface area contributed by atoms with Crippen molar-refractivity contribution >= 4 is 34.0 Å². The largest absolute Gasteiger partial charge is 0.573 e. The van der Waals surface area contributed by atoms with Gasteiger partial charge in [0.2, 0.25) is 5.91 Å². The van der Waals surface area contributed by atoms with Crippen molar-refractivity contribution in [3.05, 3.63) is 36.8 Å². The van der Waals surface area contributed by atoms with Crippen LogP contribution in [0.4, 0.5) is 24.8 Å². The average molecular weight is 443 g/mol. The van der Waals surface area contributed by atoms with Crippen LogP contribution in [0.5, 0.6) is 5.75 Å². The van der Waals surface area contributed by atoms with E-state index in [9.17, 15) is 18.0 Å². The number of anilines is 2. The summed E-state index contributed by atoms with van der Waals surface area (Å²) in [6, 6.07) is 4.24. The third kappa shape index (κ3) is 3.86. The monoisotopic (exact) mass is 443 g/mol. The number of hydrogen-bond acceptors (Lipinski definition) is 7. The molecule has 0 unspecified atom stereocenters. The van der Waals surface area contributed by atoms with E-state index in [0.29, 0.717) is 33.6 Å². The maximum atomic E-state index is 12.5. The number of nitrogens with one attached hydrogen (secondary N) is 2. The molecule has 4 aromatic rings. The first-order chi connectivity index (χ1) is 15.3. The summed E-state index contributed by atoms with van der Waals surface area (Å²) in [6.07, 6.45) is 1.16. The molecule has 12 heteroatoms. The molecule has 0 atom stereocenters. The summed E-state index contributed by atoms with van der Waals surface area (Å²) < 4.78 is 42.7. The topological polar surface area (TPSA) is 106 Å². The lowest BCUT2D eigenvalue weighted by Crippen LogP contribution is -2.17. The van der Waals surface area contributed by atoms with E-state index in [1.165, 1.54) is 10.6 Å². The molecule has 9 nitrogen and oxygen atoms in total. The standard InChI is InChI=1S/C20H16F3N7O2/c1-24-17-13-7-25-15(27-19(31)10-2-3-10)6-12(13)14(8-26-17)18-28-16-5-4-11(9-30(16)29-18)32-20(21,22)23/h4-10H,2-3H2,1H3,(H,24,26)(H,25,27,31). The molecule has 0 saturated heterocycles. The molecule has 4 aromatic heterocycles. The number of carbonyl (C=O) groups excluding carboxylic acids is 1. The minimum absolute atomic E-state index is 0.0190. The van der Waals surface area contributed by atoms with Gasteiger partial charge in [-0.3, -0.25) is 4.79 Å². The Labute approximate surface area is 178 Å². The molecule has 1 aliphatic rings. The predicted molar refractivity (Wildman–Crippen MR) is 109 cm³/mol. The Hall–Kier alpha value is -3.96. The van der Waals surface area contributed by atoms with Crippen LogP contribution >= 0.6 is 0 Å². The number of pyridine rings is 3. The highest BCUT2D eigenvalue weighted by Gasteiger charge is 2.31. The van der Waals surface area contributed by atoms with Crippen LogP contribution < -0.4 is 15.4 Å². The highest BCUT2D eigenvalue weighted by atomic mass is 19.4. The van der Waals surface area contributed by atoms with E-state index in [1.807, 2.05) is 0 Å². The van der Waals surface area contributed by atoms with E-state index in [4.69, 9.17) is 0 Å². The number of alkyl halides is 3. The number of halogens is 3. The van der Waals surface area contributed by atoms with E-state index in [-0.39, 0.29) is 17.6 Å². The fraction of sp³-hybridized carbons (Fsp3) is 0.250. The first-order valence-electron chi connectivity index (χ1n) is 9.70. The predicted octanol–water partition coefficient (Wildman–Crippen LogP) is 3.63. The molecule has 32 heavy (non-hydrogen) atoms. The van der Waals surface area contributed by atoms with E-state index >= 15 is 0 Å². The number of rotatable bonds is 5. The second kappa shape index (κ2) is 7.32. The zero-order chi connectivity index (χ0) is 22.5. The summed E-state index contributed by atoms with van der Waals surface area (Å²) in [4.78, 5) is 25.2. The summed E-state index contributed by atoms with van der Waals surface area (Å²) >= 11 is 0. The van der Waals surface area contributed by atoms with Crippen molar-refractivity contribution in [2.75, 3.05) is 17.7 Å². The third-order valence-electron chi connectivity index (χ3n) is 4.99. The molecule has 1 saturated carbocycles. The van der Waals surface area contributed by atoms with Crippen molar-refractivity contribution in [3.63, 3.8) is 0 Å². The number of carbonyl (C=O) groups is 1. The van der Waals surface area contributed by atoms with Crippen LogP contribution in [0, 0.1) is 5.92 Å². The number of nitrogens with zero attached hydrogens (tertiary/aromatic N) is 5. The summed E-state index contributed by atoms with van der Waals surface area (Å²) in [5.41, 5.74) is 0.863. The second-order valence-electron chi connectivity index (χ2n) is 7.30. The summed E-state index contributed by atoms with van der Waals surface area (Å²) in [5.74, 6) is 0.730. The Morgan fingerprint density at radius 1 is 1.19 bits per heavy atom. The molecule has 0 aromatic carbocycles. The number of hydrogen-bond donors (Lipinski definition) is 2. The normalized spacial score (nSPS) is 14.0. The molecule has 0 aliphatic heterocycles. The zero-order valence-corrected chi connectivity index (χ0v) is 16.6. The lowest BCUT2D eigenvalue weighted by atomic mass is 10.1. The highest BCUT2D eigenvalue weighted by molar-refractivity contribution is 6.03. The molecule has 0 spiro atoms. The van der Waals surface area contributed by atoms with Crippen molar-refractivity contribution in [1.29, 1.82) is 0 Å². The van der Waals surface area contributed by atoms with E-state index in [1.54, 1.807) is 25.5 Å². The van der Waals surface area contributed by atoms with Gasteiger partial charge >= 0.3 is 6.36 Å². The number of fused-ring (bicyclic) bond motifs is 2. The van der Waals surface area contributed by atoms with Gasteiger partial charge in [-0.1, -0.05) is 0 Å². The molecule has 2 N–H and O–H groups in total. The SMILES string of the molecule is CNc1ncc(-c2nc3ccc(OC(F)(F)F)cn3n2)c2cc(NC(=O)C3CC3)ncc12. The van der Waals surface area contributed by atoms with Crippen LogP contribution in [-0.4, -0.2) is 43.9 Å². The Bertz CT molecular complexity index is 1350. The molecular weight excluding hydrogens is 427 g/mol. The van der Waals surface area contributed by atoms with Crippen molar-refractivity contribution in [2.45, 2.75) is 19.2 Å². The van der Waals surface area contributed by atoms with Crippen molar-refractivity contribution in [3.8, 4) is 17.1 Å². The van der Waals surface area contributed by atoms with Gasteiger partial charge in [0, 0.05) is 41.7 Å². The minimum Gasteiger partial charge on any atom is -0.404 e. The molecular formula is C20H16F3N7O2. The fourth-order valence-electron chi connectivity index (χ4n) is 3.33. The van der Waals surface area contributed by atoms with Crippen LogP contribution in [-0.2, 0) is 4.79 Å². The Morgan fingerprint density at radius 2 is 2.00 bits per heavy atom. The maximum absolute atomic E-state index is 12.5. The van der Waals surface area contributed by atoms with Crippen molar-refractivity contribution in [1.82, 2.24) is 24.6 Å². The third-order valence-corrected chi connectivity index (χ3v) is 4.99. The van der Waals surface area contributed by atoms with E-state index in [0.717, 1.165) is 25.1 Å². The van der Waals surface area contributed by atoms with E-state index in [2.05, 4.69) is 35.4 Å². The smallest absolute Gasteiger partial charge is 0.404 e. The van der Waals surface area contributed by atoms with Gasteiger partial charge in [0.25, 0.3) is 0 Å². The minimum atomic E-state index is -4.81. The van der Waals surface area contributed by atoms with Crippen LogP contribution in [0.1, 0.15) is 12.8 Å². The van der Waals surface area contributed by atoms with Gasteiger partial charge in [-0.15, -0.1) is 18.3 Å². The first-order valence-corrected chi connectivity index (χ1v) is 9.70. The molecule has 164 valence electrons. The molecule has 4 heterocycles. The molecule has 5 rings (SSSR count). The first kappa shape index (κ1) is 20.0. The van der Waals surface area contributed by atoms with Gasteiger partial charge < -0.3 is 15.4 Å². The quantitative estimate of drug-likeness (QED) is 0.485. The van der Waals surface area contributed by atoms with Gasteiger partial charge in [0.15, 0.2) is 11.5 Å². The highest BCUT2D eigenvalue weighted by Crippen LogP contribution is 2.33. The van der Waals surface area contributed by atoms with Crippen molar-refractivity contribution < 1.29 is 22.7 Å². The van der Waals surface area contributed by atoms with E-state index < -0.39 is 12.1 Å². The summed E-state index contributed by atoms with van der Waals surface area (Å²) in [6.45, 7) is 0. The van der Waals surface area contributed by atoms with Crippen LogP contribution in [0.2, 0.25) is 0 Å². The molecule has 1 fully saturated rings. The number of amides is 1. The lowest BCUT2D eigenvalue weighted by molar-refractivity contribution is -0.274. The number of ether oxygens (including phenoxy) is 1. The second-order valence-corrected chi connectivity index (χ2v) is 7.30. The molecule has 0 radical (unpaired) electrons. The zero-order valence-electron chi connectivity index (χ0n) is 16.6. The molecule has 1 amide bonds. The number of aromatic nitrogens is 5. The maximum Gasteiger partial charge on any atom is 0.573 e. The Kier molecular flexibility index (Phi) is 4.57. The lowest BCUT2D eigenvalue weighted by Gasteiger charge is -2.10. The van der Waals surface area contributed by atoms with Gasteiger partial charge in [0.05, 0.1) is 6.20 Å². The molecule has 0 bridgehead atoms. The Balaban J connectivity index is 1.58. The molecule has 1 aliphatic carbocycles.